The Kier molecular flexibility index (Phi) is 7.57. The zero-order valence-corrected chi connectivity index (χ0v) is 13.3. The van der Waals surface area contributed by atoms with Crippen molar-refractivity contribution in [2.45, 2.75) is 53.6 Å². The van der Waals surface area contributed by atoms with Crippen molar-refractivity contribution in [3.05, 3.63) is 0 Å². The second-order valence-electron chi connectivity index (χ2n) is 6.27. The van der Waals surface area contributed by atoms with Crippen LogP contribution in [0.4, 0.5) is 4.79 Å². The SMILES string of the molecule is CCOCC(NC(=O)NC(C(=O)O)C(C)(C)C)C(C)C. The number of aliphatic carboxylic acids is 1. The highest BCUT2D eigenvalue weighted by Gasteiger charge is 2.33. The number of carboxylic acid groups (broad SMARTS) is 1. The molecule has 2 atom stereocenters. The summed E-state index contributed by atoms with van der Waals surface area (Å²) in [5.74, 6) is -0.844. The first-order valence-electron chi connectivity index (χ1n) is 6.97. The predicted octanol–water partition coefficient (Wildman–Crippen LogP) is 1.85. The van der Waals surface area contributed by atoms with Gasteiger partial charge in [0, 0.05) is 6.61 Å². The molecule has 0 radical (unpaired) electrons. The molecule has 0 aromatic carbocycles. The maximum atomic E-state index is 11.9. The predicted molar refractivity (Wildman–Crippen MR) is 77.7 cm³/mol. The molecule has 0 fully saturated rings. The molecule has 6 nitrogen and oxygen atoms in total. The van der Waals surface area contributed by atoms with Gasteiger partial charge in [0.25, 0.3) is 0 Å². The highest BCUT2D eigenvalue weighted by atomic mass is 16.5. The van der Waals surface area contributed by atoms with Gasteiger partial charge in [0.2, 0.25) is 0 Å². The van der Waals surface area contributed by atoms with Crippen LogP contribution in [0.15, 0.2) is 0 Å². The van der Waals surface area contributed by atoms with E-state index in [1.807, 2.05) is 20.8 Å². The van der Waals surface area contributed by atoms with E-state index in [0.29, 0.717) is 13.2 Å². The Morgan fingerprint density at radius 3 is 2.10 bits per heavy atom. The van der Waals surface area contributed by atoms with Crippen LogP contribution in [-0.2, 0) is 9.53 Å². The third kappa shape index (κ3) is 6.75. The molecule has 0 bridgehead atoms. The van der Waals surface area contributed by atoms with Crippen molar-refractivity contribution in [2.75, 3.05) is 13.2 Å². The van der Waals surface area contributed by atoms with E-state index < -0.39 is 23.5 Å². The van der Waals surface area contributed by atoms with Gasteiger partial charge in [0.1, 0.15) is 6.04 Å². The van der Waals surface area contributed by atoms with E-state index in [-0.39, 0.29) is 12.0 Å². The van der Waals surface area contributed by atoms with Gasteiger partial charge in [0.05, 0.1) is 12.6 Å². The third-order valence-electron chi connectivity index (χ3n) is 3.01. The van der Waals surface area contributed by atoms with E-state index in [0.717, 1.165) is 0 Å². The number of carbonyl (C=O) groups is 2. The van der Waals surface area contributed by atoms with Crippen molar-refractivity contribution in [2.24, 2.45) is 11.3 Å². The van der Waals surface area contributed by atoms with E-state index in [1.54, 1.807) is 20.8 Å². The topological polar surface area (TPSA) is 87.7 Å². The van der Waals surface area contributed by atoms with Crippen molar-refractivity contribution >= 4 is 12.0 Å². The minimum absolute atomic E-state index is 0.149. The maximum absolute atomic E-state index is 11.9. The number of ether oxygens (including phenoxy) is 1. The van der Waals surface area contributed by atoms with E-state index in [1.165, 1.54) is 0 Å². The Hall–Kier alpha value is -1.30. The fourth-order valence-corrected chi connectivity index (χ4v) is 1.64. The van der Waals surface area contributed by atoms with Gasteiger partial charge < -0.3 is 20.5 Å². The van der Waals surface area contributed by atoms with Crippen LogP contribution in [-0.4, -0.2) is 42.4 Å². The number of carbonyl (C=O) groups excluding carboxylic acids is 1. The average Bonchev–Trinajstić information content (AvgIpc) is 2.29. The van der Waals surface area contributed by atoms with Crippen molar-refractivity contribution in [1.29, 1.82) is 0 Å². The molecule has 0 aromatic rings. The Morgan fingerprint density at radius 2 is 1.75 bits per heavy atom. The molecule has 0 aliphatic rings. The van der Waals surface area contributed by atoms with Crippen LogP contribution in [0.3, 0.4) is 0 Å². The molecule has 118 valence electrons. The minimum Gasteiger partial charge on any atom is -0.480 e. The molecule has 2 amide bonds. The van der Waals surface area contributed by atoms with Crippen molar-refractivity contribution in [1.82, 2.24) is 10.6 Å². The molecule has 0 aliphatic carbocycles. The lowest BCUT2D eigenvalue weighted by Crippen LogP contribution is -2.55. The summed E-state index contributed by atoms with van der Waals surface area (Å²) in [5.41, 5.74) is -0.559. The minimum atomic E-state index is -1.04. The Morgan fingerprint density at radius 1 is 1.20 bits per heavy atom. The van der Waals surface area contributed by atoms with E-state index in [2.05, 4.69) is 10.6 Å². The van der Waals surface area contributed by atoms with Gasteiger partial charge in [-0.25, -0.2) is 9.59 Å². The first kappa shape index (κ1) is 18.7. The van der Waals surface area contributed by atoms with Crippen molar-refractivity contribution in [3.63, 3.8) is 0 Å². The largest absolute Gasteiger partial charge is 0.480 e. The molecule has 3 N–H and O–H groups in total. The van der Waals surface area contributed by atoms with Crippen LogP contribution in [0.2, 0.25) is 0 Å². The van der Waals surface area contributed by atoms with Gasteiger partial charge in [-0.2, -0.15) is 0 Å². The van der Waals surface area contributed by atoms with Gasteiger partial charge in [-0.3, -0.25) is 0 Å². The molecular weight excluding hydrogens is 260 g/mol. The molecular formula is C14H28N2O4. The second-order valence-corrected chi connectivity index (χ2v) is 6.27. The summed E-state index contributed by atoms with van der Waals surface area (Å²) < 4.78 is 5.32. The Bertz CT molecular complexity index is 324. The lowest BCUT2D eigenvalue weighted by molar-refractivity contribution is -0.141. The lowest BCUT2D eigenvalue weighted by atomic mass is 9.87. The summed E-state index contributed by atoms with van der Waals surface area (Å²) in [6.45, 7) is 12.1. The number of urea groups is 1. The van der Waals surface area contributed by atoms with Crippen LogP contribution in [0.1, 0.15) is 41.5 Å². The molecule has 0 saturated carbocycles. The second kappa shape index (κ2) is 8.09. The lowest BCUT2D eigenvalue weighted by Gasteiger charge is -2.29. The standard InChI is InChI=1S/C14H28N2O4/c1-7-20-8-10(9(2)3)15-13(19)16-11(12(17)18)14(4,5)6/h9-11H,7-8H2,1-6H3,(H,17,18)(H2,15,16,19). The van der Waals surface area contributed by atoms with Gasteiger partial charge in [-0.15, -0.1) is 0 Å². The molecule has 0 aromatic heterocycles. The van der Waals surface area contributed by atoms with E-state index in [9.17, 15) is 14.7 Å². The molecule has 20 heavy (non-hydrogen) atoms. The van der Waals surface area contributed by atoms with Gasteiger partial charge >= 0.3 is 12.0 Å². The zero-order valence-electron chi connectivity index (χ0n) is 13.3. The fourth-order valence-electron chi connectivity index (χ4n) is 1.64. The normalized spacial score (nSPS) is 14.8. The molecule has 0 saturated heterocycles. The monoisotopic (exact) mass is 288 g/mol. The van der Waals surface area contributed by atoms with Gasteiger partial charge in [-0.1, -0.05) is 34.6 Å². The van der Waals surface area contributed by atoms with Crippen LogP contribution in [0.5, 0.6) is 0 Å². The summed E-state index contributed by atoms with van der Waals surface area (Å²) in [6.07, 6.45) is 0. The molecule has 0 spiro atoms. The molecule has 0 rings (SSSR count). The maximum Gasteiger partial charge on any atom is 0.326 e. The highest BCUT2D eigenvalue weighted by molar-refractivity contribution is 5.83. The molecule has 6 heteroatoms. The quantitative estimate of drug-likeness (QED) is 0.667. The van der Waals surface area contributed by atoms with Crippen molar-refractivity contribution < 1.29 is 19.4 Å². The zero-order chi connectivity index (χ0) is 15.9. The van der Waals surface area contributed by atoms with Crippen LogP contribution < -0.4 is 10.6 Å². The smallest absolute Gasteiger partial charge is 0.326 e. The summed E-state index contributed by atoms with van der Waals surface area (Å²) in [7, 11) is 0. The first-order chi connectivity index (χ1) is 9.09. The molecule has 2 unspecified atom stereocenters. The molecule has 0 heterocycles. The number of hydrogen-bond acceptors (Lipinski definition) is 3. The summed E-state index contributed by atoms with van der Waals surface area (Å²) in [6, 6.07) is -1.57. The Labute approximate surface area is 121 Å². The van der Waals surface area contributed by atoms with Crippen LogP contribution >= 0.6 is 0 Å². The number of hydrogen-bond donors (Lipinski definition) is 3. The Balaban J connectivity index is 4.61. The van der Waals surface area contributed by atoms with Gasteiger partial charge in [-0.05, 0) is 18.3 Å². The first-order valence-corrected chi connectivity index (χ1v) is 6.97. The van der Waals surface area contributed by atoms with E-state index in [4.69, 9.17) is 4.74 Å². The number of rotatable bonds is 7. The van der Waals surface area contributed by atoms with Crippen LogP contribution in [0.25, 0.3) is 0 Å². The third-order valence-corrected chi connectivity index (χ3v) is 3.01. The van der Waals surface area contributed by atoms with Crippen LogP contribution in [0, 0.1) is 11.3 Å². The summed E-state index contributed by atoms with van der Waals surface area (Å²) in [4.78, 5) is 23.1. The number of carboxylic acids is 1. The highest BCUT2D eigenvalue weighted by Crippen LogP contribution is 2.19. The number of amides is 2. The average molecular weight is 288 g/mol. The molecule has 0 aliphatic heterocycles. The summed E-state index contributed by atoms with van der Waals surface area (Å²) in [5, 5.41) is 14.5. The number of nitrogens with one attached hydrogen (secondary N) is 2. The van der Waals surface area contributed by atoms with E-state index >= 15 is 0 Å². The van der Waals surface area contributed by atoms with Crippen molar-refractivity contribution in [3.8, 4) is 0 Å². The fraction of sp³-hybridized carbons (Fsp3) is 0.857. The summed E-state index contributed by atoms with van der Waals surface area (Å²) >= 11 is 0. The van der Waals surface area contributed by atoms with Gasteiger partial charge in [0.15, 0.2) is 0 Å².